The summed E-state index contributed by atoms with van der Waals surface area (Å²) in [6, 6.07) is 10.2. The zero-order valence-corrected chi connectivity index (χ0v) is 12.4. The van der Waals surface area contributed by atoms with Crippen LogP contribution in [0.2, 0.25) is 0 Å². The van der Waals surface area contributed by atoms with Crippen molar-refractivity contribution in [3.05, 3.63) is 68.9 Å². The molecule has 0 saturated carbocycles. The predicted octanol–water partition coefficient (Wildman–Crippen LogP) is 4.63. The largest absolute Gasteiger partial charge is 0.294 e. The van der Waals surface area contributed by atoms with Gasteiger partial charge in [-0.2, -0.15) is 0 Å². The van der Waals surface area contributed by atoms with E-state index < -0.39 is 0 Å². The molecule has 0 unspecified atom stereocenters. The van der Waals surface area contributed by atoms with Gasteiger partial charge < -0.3 is 0 Å². The highest BCUT2D eigenvalue weighted by Gasteiger charge is 2.12. The van der Waals surface area contributed by atoms with E-state index in [-0.39, 0.29) is 11.6 Å². The molecule has 19 heavy (non-hydrogen) atoms. The Morgan fingerprint density at radius 2 is 1.74 bits per heavy atom. The highest BCUT2D eigenvalue weighted by Crippen LogP contribution is 2.20. The van der Waals surface area contributed by atoms with Crippen LogP contribution >= 0.6 is 15.9 Å². The number of aryl methyl sites for hydroxylation is 2. The third-order valence-electron chi connectivity index (χ3n) is 2.88. The van der Waals surface area contributed by atoms with Crippen LogP contribution in [0.3, 0.4) is 0 Å². The number of ketones is 1. The Bertz CT molecular complexity index is 614. The number of rotatable bonds is 3. The molecule has 0 fully saturated rings. The standard InChI is InChI=1S/C16H14BrFO/c1-10-5-11(2)7-12(6-10)8-16(19)14-4-3-13(18)9-15(14)17/h3-7,9H,8H2,1-2H3. The quantitative estimate of drug-likeness (QED) is 0.753. The van der Waals surface area contributed by atoms with E-state index in [1.54, 1.807) is 0 Å². The Kier molecular flexibility index (Phi) is 4.15. The third-order valence-corrected chi connectivity index (χ3v) is 3.53. The highest BCUT2D eigenvalue weighted by molar-refractivity contribution is 9.10. The van der Waals surface area contributed by atoms with Gasteiger partial charge in [0.25, 0.3) is 0 Å². The van der Waals surface area contributed by atoms with Crippen LogP contribution in [0.15, 0.2) is 40.9 Å². The first-order chi connectivity index (χ1) is 8.95. The second kappa shape index (κ2) is 5.66. The van der Waals surface area contributed by atoms with E-state index >= 15 is 0 Å². The van der Waals surface area contributed by atoms with Crippen LogP contribution in [0.1, 0.15) is 27.0 Å². The van der Waals surface area contributed by atoms with Gasteiger partial charge in [0.2, 0.25) is 0 Å². The van der Waals surface area contributed by atoms with Crippen molar-refractivity contribution in [2.45, 2.75) is 20.3 Å². The fraction of sp³-hybridized carbons (Fsp3) is 0.188. The summed E-state index contributed by atoms with van der Waals surface area (Å²) < 4.78 is 13.5. The number of carbonyl (C=O) groups is 1. The molecule has 2 aromatic rings. The molecule has 0 atom stereocenters. The van der Waals surface area contributed by atoms with Gasteiger partial charge in [-0.25, -0.2) is 4.39 Å². The molecule has 0 heterocycles. The predicted molar refractivity (Wildman–Crippen MR) is 78.1 cm³/mol. The second-order valence-corrected chi connectivity index (χ2v) is 5.57. The lowest BCUT2D eigenvalue weighted by atomic mass is 10.00. The van der Waals surface area contributed by atoms with Crippen LogP contribution in [0, 0.1) is 19.7 Å². The minimum atomic E-state index is -0.352. The Morgan fingerprint density at radius 1 is 1.11 bits per heavy atom. The van der Waals surface area contributed by atoms with Gasteiger partial charge in [-0.3, -0.25) is 4.79 Å². The average Bonchev–Trinajstić information content (AvgIpc) is 2.26. The lowest BCUT2D eigenvalue weighted by molar-refractivity contribution is 0.0992. The summed E-state index contributed by atoms with van der Waals surface area (Å²) in [7, 11) is 0. The number of benzene rings is 2. The molecule has 2 rings (SSSR count). The maximum Gasteiger partial charge on any atom is 0.168 e. The van der Waals surface area contributed by atoms with Crippen molar-refractivity contribution in [2.24, 2.45) is 0 Å². The SMILES string of the molecule is Cc1cc(C)cc(CC(=O)c2ccc(F)cc2Br)c1. The zero-order chi connectivity index (χ0) is 14.0. The minimum absolute atomic E-state index is 0.0168. The summed E-state index contributed by atoms with van der Waals surface area (Å²) in [6.45, 7) is 4.02. The van der Waals surface area contributed by atoms with Gasteiger partial charge in [-0.1, -0.05) is 29.3 Å². The maximum absolute atomic E-state index is 13.0. The van der Waals surface area contributed by atoms with Crippen molar-refractivity contribution in [1.29, 1.82) is 0 Å². The van der Waals surface area contributed by atoms with Crippen molar-refractivity contribution >= 4 is 21.7 Å². The molecule has 2 aromatic carbocycles. The molecule has 0 spiro atoms. The average molecular weight is 321 g/mol. The summed E-state index contributed by atoms with van der Waals surface area (Å²) in [5.41, 5.74) is 3.78. The monoisotopic (exact) mass is 320 g/mol. The van der Waals surface area contributed by atoms with Gasteiger partial charge in [0.1, 0.15) is 5.82 Å². The first-order valence-corrected chi connectivity index (χ1v) is 6.80. The molecule has 0 radical (unpaired) electrons. The van der Waals surface area contributed by atoms with Gasteiger partial charge in [0, 0.05) is 16.5 Å². The van der Waals surface area contributed by atoms with Crippen LogP contribution in [-0.2, 0) is 6.42 Å². The number of halogens is 2. The first kappa shape index (κ1) is 13.9. The first-order valence-electron chi connectivity index (χ1n) is 6.01. The van der Waals surface area contributed by atoms with Crippen LogP contribution in [0.4, 0.5) is 4.39 Å². The Morgan fingerprint density at radius 3 is 2.32 bits per heavy atom. The van der Waals surface area contributed by atoms with Crippen LogP contribution in [0.5, 0.6) is 0 Å². The summed E-state index contributed by atoms with van der Waals surface area (Å²) in [4.78, 5) is 12.2. The van der Waals surface area contributed by atoms with E-state index in [9.17, 15) is 9.18 Å². The zero-order valence-electron chi connectivity index (χ0n) is 10.8. The highest BCUT2D eigenvalue weighted by atomic mass is 79.9. The minimum Gasteiger partial charge on any atom is -0.294 e. The van der Waals surface area contributed by atoms with E-state index in [0.29, 0.717) is 16.5 Å². The van der Waals surface area contributed by atoms with Crippen molar-refractivity contribution in [1.82, 2.24) is 0 Å². The third kappa shape index (κ3) is 3.51. The summed E-state index contributed by atoms with van der Waals surface area (Å²) in [5.74, 6) is -0.369. The smallest absolute Gasteiger partial charge is 0.168 e. The molecule has 0 N–H and O–H groups in total. The topological polar surface area (TPSA) is 17.1 Å². The normalized spacial score (nSPS) is 10.5. The molecule has 3 heteroatoms. The molecule has 0 aliphatic rings. The summed E-state index contributed by atoms with van der Waals surface area (Å²) in [5, 5.41) is 0. The lowest BCUT2D eigenvalue weighted by Crippen LogP contribution is -2.05. The number of hydrogen-bond acceptors (Lipinski definition) is 1. The Labute approximate surface area is 120 Å². The van der Waals surface area contributed by atoms with E-state index in [1.807, 2.05) is 26.0 Å². The molecular weight excluding hydrogens is 307 g/mol. The van der Waals surface area contributed by atoms with E-state index in [1.165, 1.54) is 18.2 Å². The van der Waals surface area contributed by atoms with Gasteiger partial charge in [0.15, 0.2) is 5.78 Å². The van der Waals surface area contributed by atoms with E-state index in [2.05, 4.69) is 22.0 Å². The molecule has 1 nitrogen and oxygen atoms in total. The fourth-order valence-corrected chi connectivity index (χ4v) is 2.74. The number of Topliss-reactive ketones (excluding diaryl/α,β-unsaturated/α-hetero) is 1. The second-order valence-electron chi connectivity index (χ2n) is 4.72. The molecule has 0 saturated heterocycles. The Hall–Kier alpha value is -1.48. The number of hydrogen-bond donors (Lipinski definition) is 0. The fourth-order valence-electron chi connectivity index (χ4n) is 2.17. The van der Waals surface area contributed by atoms with Gasteiger partial charge >= 0.3 is 0 Å². The van der Waals surface area contributed by atoms with E-state index in [0.717, 1.165) is 16.7 Å². The molecular formula is C16H14BrFO. The Balaban J connectivity index is 2.25. The summed E-state index contributed by atoms with van der Waals surface area (Å²) in [6.07, 6.45) is 0.326. The molecule has 0 bridgehead atoms. The van der Waals surface area contributed by atoms with Crippen LogP contribution in [-0.4, -0.2) is 5.78 Å². The van der Waals surface area contributed by atoms with Gasteiger partial charge in [0.05, 0.1) is 0 Å². The van der Waals surface area contributed by atoms with Gasteiger partial charge in [-0.15, -0.1) is 0 Å². The maximum atomic E-state index is 13.0. The van der Waals surface area contributed by atoms with E-state index in [4.69, 9.17) is 0 Å². The van der Waals surface area contributed by atoms with Crippen LogP contribution < -0.4 is 0 Å². The van der Waals surface area contributed by atoms with Crippen molar-refractivity contribution in [2.75, 3.05) is 0 Å². The van der Waals surface area contributed by atoms with Crippen molar-refractivity contribution in [3.8, 4) is 0 Å². The molecule has 0 aromatic heterocycles. The van der Waals surface area contributed by atoms with Crippen molar-refractivity contribution < 1.29 is 9.18 Å². The molecule has 98 valence electrons. The van der Waals surface area contributed by atoms with Crippen molar-refractivity contribution in [3.63, 3.8) is 0 Å². The number of carbonyl (C=O) groups excluding carboxylic acids is 1. The molecule has 0 aliphatic heterocycles. The molecule has 0 amide bonds. The summed E-state index contributed by atoms with van der Waals surface area (Å²) >= 11 is 3.23. The molecule has 0 aliphatic carbocycles. The van der Waals surface area contributed by atoms with Gasteiger partial charge in [-0.05, 0) is 53.5 Å². The van der Waals surface area contributed by atoms with Crippen LogP contribution in [0.25, 0.3) is 0 Å². The lowest BCUT2D eigenvalue weighted by Gasteiger charge is -2.06.